The van der Waals surface area contributed by atoms with E-state index >= 15 is 0 Å². The van der Waals surface area contributed by atoms with E-state index in [9.17, 15) is 14.4 Å². The van der Waals surface area contributed by atoms with Crippen LogP contribution in [0.15, 0.2) is 52.5 Å². The summed E-state index contributed by atoms with van der Waals surface area (Å²) in [5, 5.41) is 11.5. The molecule has 1 fully saturated rings. The maximum atomic E-state index is 13.1. The molecule has 1 atom stereocenters. The molecule has 160 valence electrons. The highest BCUT2D eigenvalue weighted by molar-refractivity contribution is 9.10. The second-order valence-corrected chi connectivity index (χ2v) is 7.75. The van der Waals surface area contributed by atoms with Crippen molar-refractivity contribution in [3.05, 3.63) is 58.1 Å². The van der Waals surface area contributed by atoms with Crippen LogP contribution in [0.1, 0.15) is 12.5 Å². The normalized spacial score (nSPS) is 16.2. The van der Waals surface area contributed by atoms with E-state index in [2.05, 4.69) is 21.2 Å². The van der Waals surface area contributed by atoms with Crippen LogP contribution in [-0.4, -0.2) is 41.2 Å². The molecule has 8 nitrogen and oxygen atoms in total. The second kappa shape index (κ2) is 9.27. The number of anilines is 1. The largest absolute Gasteiger partial charge is 0.493 e. The molecule has 0 bridgehead atoms. The maximum Gasteiger partial charge on any atom is 0.344 e. The number of amides is 2. The van der Waals surface area contributed by atoms with Crippen LogP contribution in [0.4, 0.5) is 5.69 Å². The summed E-state index contributed by atoms with van der Waals surface area (Å²) in [5.41, 5.74) is 0.869. The fraction of sp³-hybridized carbons (Fsp3) is 0.143. The fourth-order valence-electron chi connectivity index (χ4n) is 2.76. The summed E-state index contributed by atoms with van der Waals surface area (Å²) in [4.78, 5) is 37.8. The van der Waals surface area contributed by atoms with Crippen LogP contribution in [0, 0.1) is 0 Å². The summed E-state index contributed by atoms with van der Waals surface area (Å²) < 4.78 is 11.5. The highest BCUT2D eigenvalue weighted by Gasteiger charge is 2.34. The number of carbonyl (C=O) groups excluding carboxylic acids is 2. The zero-order valence-corrected chi connectivity index (χ0v) is 18.8. The Bertz CT molecular complexity index is 1100. The van der Waals surface area contributed by atoms with Crippen LogP contribution in [-0.2, 0) is 14.4 Å². The molecule has 0 aromatic heterocycles. The molecule has 2 aromatic carbocycles. The topological polar surface area (TPSA) is 105 Å². The van der Waals surface area contributed by atoms with Gasteiger partial charge in [0.15, 0.2) is 22.7 Å². The molecule has 0 saturated carbocycles. The van der Waals surface area contributed by atoms with Crippen molar-refractivity contribution in [3.63, 3.8) is 0 Å². The predicted molar refractivity (Wildman–Crippen MR) is 121 cm³/mol. The number of carboxylic acid groups (broad SMARTS) is 1. The molecular formula is C21H17BrN2O6S. The van der Waals surface area contributed by atoms with Gasteiger partial charge in [-0.25, -0.2) is 4.79 Å². The van der Waals surface area contributed by atoms with Gasteiger partial charge < -0.3 is 14.6 Å². The van der Waals surface area contributed by atoms with E-state index < -0.39 is 23.9 Å². The average Bonchev–Trinajstić information content (AvgIpc) is 2.73. The van der Waals surface area contributed by atoms with Crippen LogP contribution < -0.4 is 19.7 Å². The van der Waals surface area contributed by atoms with Crippen LogP contribution in [0.5, 0.6) is 11.5 Å². The lowest BCUT2D eigenvalue weighted by Gasteiger charge is -2.29. The van der Waals surface area contributed by atoms with E-state index in [4.69, 9.17) is 26.8 Å². The monoisotopic (exact) mass is 504 g/mol. The number of aliphatic carboxylic acids is 1. The van der Waals surface area contributed by atoms with Crippen LogP contribution in [0.3, 0.4) is 0 Å². The number of methoxy groups -OCH3 is 1. The minimum Gasteiger partial charge on any atom is -0.493 e. The molecule has 0 radical (unpaired) electrons. The molecule has 3 rings (SSSR count). The molecular weight excluding hydrogens is 488 g/mol. The number of carboxylic acids is 1. The van der Waals surface area contributed by atoms with Gasteiger partial charge >= 0.3 is 5.97 Å². The minimum absolute atomic E-state index is 0.0153. The van der Waals surface area contributed by atoms with Gasteiger partial charge in [-0.15, -0.1) is 0 Å². The highest BCUT2D eigenvalue weighted by Crippen LogP contribution is 2.31. The second-order valence-electron chi connectivity index (χ2n) is 6.44. The van der Waals surface area contributed by atoms with E-state index in [1.807, 2.05) is 0 Å². The summed E-state index contributed by atoms with van der Waals surface area (Å²) in [6.45, 7) is 1.39. The Labute approximate surface area is 191 Å². The first-order valence-electron chi connectivity index (χ1n) is 8.95. The van der Waals surface area contributed by atoms with Gasteiger partial charge in [-0.3, -0.25) is 19.8 Å². The Morgan fingerprint density at radius 1 is 1.19 bits per heavy atom. The zero-order chi connectivity index (χ0) is 22.7. The number of hydrogen-bond acceptors (Lipinski definition) is 6. The molecule has 0 unspecified atom stereocenters. The van der Waals surface area contributed by atoms with Gasteiger partial charge in [-0.1, -0.05) is 22.0 Å². The minimum atomic E-state index is -1.12. The summed E-state index contributed by atoms with van der Waals surface area (Å²) in [6, 6.07) is 11.5. The Balaban J connectivity index is 1.94. The SMILES string of the molecule is COc1cc(/C=C2\C(=O)NC(=S)N(c3ccc(Br)cc3)C2=O)ccc1O[C@H](C)C(=O)O. The van der Waals surface area contributed by atoms with Crippen molar-refractivity contribution in [3.8, 4) is 11.5 Å². The first-order valence-corrected chi connectivity index (χ1v) is 10.2. The number of halogens is 1. The number of benzene rings is 2. The summed E-state index contributed by atoms with van der Waals surface area (Å²) >= 11 is 8.52. The molecule has 10 heteroatoms. The van der Waals surface area contributed by atoms with Gasteiger partial charge in [0.05, 0.1) is 12.8 Å². The third-order valence-corrected chi connectivity index (χ3v) is 5.15. The van der Waals surface area contributed by atoms with E-state index in [-0.39, 0.29) is 22.2 Å². The maximum absolute atomic E-state index is 13.1. The number of thiocarbonyl (C=S) groups is 1. The third kappa shape index (κ3) is 4.92. The summed E-state index contributed by atoms with van der Waals surface area (Å²) in [6.07, 6.45) is 0.322. The van der Waals surface area contributed by atoms with E-state index in [1.165, 1.54) is 37.1 Å². The Kier molecular flexibility index (Phi) is 6.71. The Morgan fingerprint density at radius 3 is 2.48 bits per heavy atom. The number of nitrogens with zero attached hydrogens (tertiary/aromatic N) is 1. The summed E-state index contributed by atoms with van der Waals surface area (Å²) in [7, 11) is 1.40. The third-order valence-electron chi connectivity index (χ3n) is 4.34. The predicted octanol–water partition coefficient (Wildman–Crippen LogP) is 3.14. The van der Waals surface area contributed by atoms with Crippen molar-refractivity contribution >= 4 is 62.8 Å². The lowest BCUT2D eigenvalue weighted by Crippen LogP contribution is -2.54. The van der Waals surface area contributed by atoms with Crippen molar-refractivity contribution in [1.82, 2.24) is 5.32 Å². The van der Waals surface area contributed by atoms with Crippen molar-refractivity contribution in [2.75, 3.05) is 12.0 Å². The van der Waals surface area contributed by atoms with Crippen LogP contribution >= 0.6 is 28.1 Å². The summed E-state index contributed by atoms with van der Waals surface area (Å²) in [5.74, 6) is -1.85. The van der Waals surface area contributed by atoms with Gasteiger partial charge in [0.1, 0.15) is 5.57 Å². The molecule has 1 aliphatic heterocycles. The zero-order valence-electron chi connectivity index (χ0n) is 16.4. The molecule has 31 heavy (non-hydrogen) atoms. The van der Waals surface area contributed by atoms with Gasteiger partial charge in [0, 0.05) is 4.47 Å². The number of nitrogens with one attached hydrogen (secondary N) is 1. The van der Waals surface area contributed by atoms with E-state index in [0.717, 1.165) is 4.47 Å². The van der Waals surface area contributed by atoms with Gasteiger partial charge in [-0.2, -0.15) is 0 Å². The smallest absolute Gasteiger partial charge is 0.344 e. The van der Waals surface area contributed by atoms with E-state index in [1.54, 1.807) is 30.3 Å². The van der Waals surface area contributed by atoms with Crippen molar-refractivity contribution in [2.45, 2.75) is 13.0 Å². The standard InChI is InChI=1S/C21H17BrN2O6S/c1-11(20(27)28)30-16-8-3-12(10-17(16)29-2)9-15-18(25)23-21(31)24(19(15)26)14-6-4-13(22)5-7-14/h3-11H,1-2H3,(H,27,28)(H,23,25,31)/b15-9+/t11-/m1/s1. The number of carbonyl (C=O) groups is 3. The van der Waals surface area contributed by atoms with Gasteiger partial charge in [0.2, 0.25) is 0 Å². The first kappa shape index (κ1) is 22.4. The molecule has 0 aliphatic carbocycles. The average molecular weight is 505 g/mol. The first-order chi connectivity index (χ1) is 14.7. The van der Waals surface area contributed by atoms with Crippen molar-refractivity contribution < 1.29 is 29.0 Å². The Hall–Kier alpha value is -3.24. The van der Waals surface area contributed by atoms with Gasteiger partial charge in [-0.05, 0) is 67.2 Å². The quantitative estimate of drug-likeness (QED) is 0.353. The highest BCUT2D eigenvalue weighted by atomic mass is 79.9. The Morgan fingerprint density at radius 2 is 1.87 bits per heavy atom. The molecule has 1 saturated heterocycles. The molecule has 2 amide bonds. The van der Waals surface area contributed by atoms with Crippen LogP contribution in [0.25, 0.3) is 6.08 Å². The molecule has 0 spiro atoms. The molecule has 1 heterocycles. The molecule has 2 N–H and O–H groups in total. The number of rotatable bonds is 6. The number of hydrogen-bond donors (Lipinski definition) is 2. The number of ether oxygens (including phenoxy) is 2. The van der Waals surface area contributed by atoms with Crippen molar-refractivity contribution in [2.24, 2.45) is 0 Å². The fourth-order valence-corrected chi connectivity index (χ4v) is 3.31. The van der Waals surface area contributed by atoms with Crippen LogP contribution in [0.2, 0.25) is 0 Å². The van der Waals surface area contributed by atoms with E-state index in [0.29, 0.717) is 11.3 Å². The molecule has 1 aliphatic rings. The van der Waals surface area contributed by atoms with Crippen molar-refractivity contribution in [1.29, 1.82) is 0 Å². The lowest BCUT2D eigenvalue weighted by atomic mass is 10.1. The molecule has 2 aromatic rings. The lowest BCUT2D eigenvalue weighted by molar-refractivity contribution is -0.144. The van der Waals surface area contributed by atoms with Gasteiger partial charge in [0.25, 0.3) is 11.8 Å².